The van der Waals surface area contributed by atoms with Crippen LogP contribution in [0.1, 0.15) is 6.42 Å². The van der Waals surface area contributed by atoms with Gasteiger partial charge in [0.25, 0.3) is 0 Å². The van der Waals surface area contributed by atoms with Crippen LogP contribution in [0.2, 0.25) is 0 Å². The fourth-order valence-corrected chi connectivity index (χ4v) is 2.83. The Balaban J connectivity index is 2.51. The van der Waals surface area contributed by atoms with Gasteiger partial charge in [-0.1, -0.05) is 0 Å². The second-order valence-electron chi connectivity index (χ2n) is 3.31. The maximum atomic E-state index is 11.7. The van der Waals surface area contributed by atoms with Crippen molar-refractivity contribution in [3.63, 3.8) is 0 Å². The van der Waals surface area contributed by atoms with Gasteiger partial charge in [-0.3, -0.25) is 0 Å². The second kappa shape index (κ2) is 5.65. The Morgan fingerprint density at radius 2 is 2.14 bits per heavy atom. The molecular weight excluding hydrogens is 204 g/mol. The zero-order valence-electron chi connectivity index (χ0n) is 8.53. The van der Waals surface area contributed by atoms with E-state index >= 15 is 0 Å². The minimum absolute atomic E-state index is 0.0868. The zero-order chi connectivity index (χ0) is 10.4. The smallest absolute Gasteiger partial charge is 0.216 e. The van der Waals surface area contributed by atoms with Crippen molar-refractivity contribution in [3.8, 4) is 0 Å². The quantitative estimate of drug-likeness (QED) is 0.680. The summed E-state index contributed by atoms with van der Waals surface area (Å²) in [6.45, 7) is 3.11. The first-order chi connectivity index (χ1) is 6.67. The van der Waals surface area contributed by atoms with Crippen LogP contribution in [0.5, 0.6) is 0 Å². The van der Waals surface area contributed by atoms with Crippen molar-refractivity contribution in [2.24, 2.45) is 0 Å². The van der Waals surface area contributed by atoms with Gasteiger partial charge in [0.1, 0.15) is 0 Å². The molecule has 1 fully saturated rings. The number of hydrogen-bond acceptors (Lipinski definition) is 4. The summed E-state index contributed by atoms with van der Waals surface area (Å²) >= 11 is 0. The Morgan fingerprint density at radius 3 is 2.86 bits per heavy atom. The molecule has 0 atom stereocenters. The van der Waals surface area contributed by atoms with Crippen LogP contribution < -0.4 is 5.32 Å². The topological polar surface area (TPSA) is 58.6 Å². The van der Waals surface area contributed by atoms with Gasteiger partial charge in [0.15, 0.2) is 0 Å². The lowest BCUT2D eigenvalue weighted by Crippen LogP contribution is -2.36. The number of rotatable bonds is 4. The largest absolute Gasteiger partial charge is 0.384 e. The van der Waals surface area contributed by atoms with E-state index in [4.69, 9.17) is 4.74 Å². The van der Waals surface area contributed by atoms with E-state index in [1.54, 1.807) is 4.31 Å². The van der Waals surface area contributed by atoms with Crippen molar-refractivity contribution >= 4 is 10.0 Å². The Bertz CT molecular complexity index is 245. The molecule has 0 bridgehead atoms. The van der Waals surface area contributed by atoms with Crippen LogP contribution >= 0.6 is 0 Å². The Kier molecular flexibility index (Phi) is 4.80. The lowest BCUT2D eigenvalue weighted by molar-refractivity contribution is 0.215. The SMILES string of the molecule is COCCS(=O)(=O)N1CCCNCC1. The molecule has 1 rings (SSSR count). The fraction of sp³-hybridized carbons (Fsp3) is 1.00. The van der Waals surface area contributed by atoms with Gasteiger partial charge < -0.3 is 10.1 Å². The first-order valence-electron chi connectivity index (χ1n) is 4.84. The Morgan fingerprint density at radius 1 is 1.36 bits per heavy atom. The van der Waals surface area contributed by atoms with Gasteiger partial charge in [-0.25, -0.2) is 12.7 Å². The van der Waals surface area contributed by atoms with Crippen molar-refractivity contribution in [2.75, 3.05) is 45.6 Å². The molecule has 0 radical (unpaired) electrons. The molecule has 1 heterocycles. The van der Waals surface area contributed by atoms with Gasteiger partial charge in [-0.2, -0.15) is 0 Å². The Labute approximate surface area is 85.5 Å². The molecule has 1 aliphatic heterocycles. The molecule has 0 aromatic rings. The molecule has 0 aromatic carbocycles. The molecule has 1 N–H and O–H groups in total. The summed E-state index contributed by atoms with van der Waals surface area (Å²) in [5, 5.41) is 3.17. The first-order valence-corrected chi connectivity index (χ1v) is 6.45. The van der Waals surface area contributed by atoms with Crippen molar-refractivity contribution in [1.82, 2.24) is 9.62 Å². The van der Waals surface area contributed by atoms with E-state index in [1.807, 2.05) is 0 Å². The third-order valence-corrected chi connectivity index (χ3v) is 4.07. The zero-order valence-corrected chi connectivity index (χ0v) is 9.35. The minimum atomic E-state index is -3.10. The summed E-state index contributed by atoms with van der Waals surface area (Å²) < 4.78 is 29.8. The van der Waals surface area contributed by atoms with Gasteiger partial charge in [0, 0.05) is 26.7 Å². The molecule has 5 nitrogen and oxygen atoms in total. The minimum Gasteiger partial charge on any atom is -0.384 e. The highest BCUT2D eigenvalue weighted by Crippen LogP contribution is 2.04. The predicted molar refractivity (Wildman–Crippen MR) is 54.7 cm³/mol. The normalized spacial score (nSPS) is 20.6. The van der Waals surface area contributed by atoms with Gasteiger partial charge in [-0.05, 0) is 13.0 Å². The van der Waals surface area contributed by atoms with Crippen LogP contribution in [0, 0.1) is 0 Å². The molecule has 0 unspecified atom stereocenters. The summed E-state index contributed by atoms with van der Waals surface area (Å²) in [5.74, 6) is 0.0868. The third-order valence-electron chi connectivity index (χ3n) is 2.24. The predicted octanol–water partition coefficient (Wildman–Crippen LogP) is -0.742. The van der Waals surface area contributed by atoms with Crippen LogP contribution in [-0.2, 0) is 14.8 Å². The van der Waals surface area contributed by atoms with Crippen molar-refractivity contribution in [3.05, 3.63) is 0 Å². The molecule has 14 heavy (non-hydrogen) atoms. The van der Waals surface area contributed by atoms with Crippen LogP contribution in [-0.4, -0.2) is 58.4 Å². The second-order valence-corrected chi connectivity index (χ2v) is 5.40. The highest BCUT2D eigenvalue weighted by atomic mass is 32.2. The number of nitrogens with zero attached hydrogens (tertiary/aromatic N) is 1. The van der Waals surface area contributed by atoms with Crippen LogP contribution in [0.15, 0.2) is 0 Å². The number of sulfonamides is 1. The molecule has 0 amide bonds. The Hall–Kier alpha value is -0.170. The summed E-state index contributed by atoms with van der Waals surface area (Å²) in [4.78, 5) is 0. The molecule has 84 valence electrons. The van der Waals surface area contributed by atoms with Crippen LogP contribution in [0.25, 0.3) is 0 Å². The average molecular weight is 222 g/mol. The molecule has 1 aliphatic rings. The fourth-order valence-electron chi connectivity index (χ4n) is 1.42. The molecular formula is C8H18N2O3S. The van der Waals surface area contributed by atoms with Crippen LogP contribution in [0.4, 0.5) is 0 Å². The van der Waals surface area contributed by atoms with Crippen LogP contribution in [0.3, 0.4) is 0 Å². The van der Waals surface area contributed by atoms with Gasteiger partial charge in [-0.15, -0.1) is 0 Å². The highest BCUT2D eigenvalue weighted by molar-refractivity contribution is 7.89. The van der Waals surface area contributed by atoms with Crippen molar-refractivity contribution in [2.45, 2.75) is 6.42 Å². The lowest BCUT2D eigenvalue weighted by Gasteiger charge is -2.19. The van der Waals surface area contributed by atoms with E-state index in [0.29, 0.717) is 13.1 Å². The molecule has 0 spiro atoms. The highest BCUT2D eigenvalue weighted by Gasteiger charge is 2.21. The van der Waals surface area contributed by atoms with Crippen molar-refractivity contribution < 1.29 is 13.2 Å². The molecule has 0 aliphatic carbocycles. The summed E-state index contributed by atoms with van der Waals surface area (Å²) in [7, 11) is -1.59. The van der Waals surface area contributed by atoms with Crippen molar-refractivity contribution in [1.29, 1.82) is 0 Å². The standard InChI is InChI=1S/C8H18N2O3S/c1-13-7-8-14(11,12)10-5-2-3-9-4-6-10/h9H,2-8H2,1H3. The van der Waals surface area contributed by atoms with E-state index in [0.717, 1.165) is 19.5 Å². The summed E-state index contributed by atoms with van der Waals surface area (Å²) in [6.07, 6.45) is 0.881. The first kappa shape index (κ1) is 11.9. The average Bonchev–Trinajstić information content (AvgIpc) is 2.43. The summed E-state index contributed by atoms with van der Waals surface area (Å²) in [6, 6.07) is 0. The number of nitrogens with one attached hydrogen (secondary N) is 1. The molecule has 1 saturated heterocycles. The van der Waals surface area contributed by atoms with E-state index in [1.165, 1.54) is 7.11 Å². The van der Waals surface area contributed by atoms with E-state index in [9.17, 15) is 8.42 Å². The van der Waals surface area contributed by atoms with Gasteiger partial charge in [0.2, 0.25) is 10.0 Å². The number of ether oxygens (including phenoxy) is 1. The lowest BCUT2D eigenvalue weighted by atomic mass is 10.4. The number of hydrogen-bond donors (Lipinski definition) is 1. The van der Waals surface area contributed by atoms with Gasteiger partial charge in [0.05, 0.1) is 12.4 Å². The monoisotopic (exact) mass is 222 g/mol. The number of methoxy groups -OCH3 is 1. The van der Waals surface area contributed by atoms with E-state index in [-0.39, 0.29) is 12.4 Å². The maximum absolute atomic E-state index is 11.7. The summed E-state index contributed by atoms with van der Waals surface area (Å²) in [5.41, 5.74) is 0. The van der Waals surface area contributed by atoms with E-state index < -0.39 is 10.0 Å². The van der Waals surface area contributed by atoms with E-state index in [2.05, 4.69) is 5.32 Å². The maximum Gasteiger partial charge on any atom is 0.216 e. The third kappa shape index (κ3) is 3.53. The molecule has 0 saturated carbocycles. The molecule has 6 heteroatoms. The van der Waals surface area contributed by atoms with Gasteiger partial charge >= 0.3 is 0 Å². The molecule has 0 aromatic heterocycles.